The topological polar surface area (TPSA) is 66.9 Å². The van der Waals surface area contributed by atoms with Gasteiger partial charge in [-0.3, -0.25) is 19.3 Å². The molecule has 2 saturated heterocycles. The van der Waals surface area contributed by atoms with Crippen LogP contribution in [0.1, 0.15) is 31.2 Å². The molecule has 0 unspecified atom stereocenters. The molecule has 26 heavy (non-hydrogen) atoms. The van der Waals surface area contributed by atoms with Gasteiger partial charge in [0, 0.05) is 13.1 Å². The smallest absolute Gasteiger partial charge is 0.294 e. The van der Waals surface area contributed by atoms with Gasteiger partial charge < -0.3 is 9.64 Å². The van der Waals surface area contributed by atoms with Crippen LogP contribution in [0.5, 0.6) is 5.75 Å². The molecule has 0 N–H and O–H groups in total. The minimum atomic E-state index is -0.411. The van der Waals surface area contributed by atoms with Crippen molar-refractivity contribution in [1.29, 1.82) is 0 Å². The normalized spacial score (nSPS) is 19.8. The van der Waals surface area contributed by atoms with E-state index in [0.29, 0.717) is 23.7 Å². The first-order chi connectivity index (χ1) is 12.6. The van der Waals surface area contributed by atoms with Crippen molar-refractivity contribution in [2.75, 3.05) is 26.7 Å². The first kappa shape index (κ1) is 18.5. The molecule has 3 rings (SSSR count). The summed E-state index contributed by atoms with van der Waals surface area (Å²) in [6.45, 7) is 1.23. The van der Waals surface area contributed by atoms with E-state index in [1.54, 1.807) is 24.2 Å². The fourth-order valence-electron chi connectivity index (χ4n) is 3.07. The second kappa shape index (κ2) is 8.40. The van der Waals surface area contributed by atoms with Crippen molar-refractivity contribution in [1.82, 2.24) is 9.80 Å². The van der Waals surface area contributed by atoms with Gasteiger partial charge in [-0.05, 0) is 48.4 Å². The summed E-state index contributed by atoms with van der Waals surface area (Å²) in [6, 6.07) is 7.25. The maximum absolute atomic E-state index is 12.6. The third-order valence-corrected chi connectivity index (χ3v) is 5.42. The first-order valence-corrected chi connectivity index (χ1v) is 9.57. The van der Waals surface area contributed by atoms with E-state index in [0.717, 1.165) is 47.9 Å². The zero-order valence-electron chi connectivity index (χ0n) is 14.8. The van der Waals surface area contributed by atoms with Gasteiger partial charge in [-0.15, -0.1) is 0 Å². The number of imide groups is 1. The molecule has 2 aliphatic heterocycles. The number of carbonyl (C=O) groups excluding carboxylic acids is 3. The molecule has 1 aromatic rings. The molecule has 7 heteroatoms. The zero-order valence-corrected chi connectivity index (χ0v) is 15.6. The molecular weight excluding hydrogens is 352 g/mol. The Balaban J connectivity index is 1.70. The van der Waals surface area contributed by atoms with Crippen LogP contribution in [-0.2, 0) is 9.59 Å². The second-order valence-electron chi connectivity index (χ2n) is 6.34. The highest BCUT2D eigenvalue weighted by Gasteiger charge is 2.37. The van der Waals surface area contributed by atoms with Crippen molar-refractivity contribution in [3.8, 4) is 5.75 Å². The summed E-state index contributed by atoms with van der Waals surface area (Å²) in [4.78, 5) is 40.4. The van der Waals surface area contributed by atoms with E-state index >= 15 is 0 Å². The van der Waals surface area contributed by atoms with Crippen molar-refractivity contribution in [3.63, 3.8) is 0 Å². The number of likely N-dealkylation sites (tertiary alicyclic amines) is 1. The lowest BCUT2D eigenvalue weighted by Crippen LogP contribution is -2.42. The highest BCUT2D eigenvalue weighted by Crippen LogP contribution is 2.32. The van der Waals surface area contributed by atoms with Crippen LogP contribution in [0.15, 0.2) is 29.2 Å². The molecular formula is C19H22N2O4S. The summed E-state index contributed by atoms with van der Waals surface area (Å²) in [6.07, 6.45) is 5.85. The summed E-state index contributed by atoms with van der Waals surface area (Å²) in [5.74, 6) is 0.108. The molecule has 2 heterocycles. The number of thioether (sulfide) groups is 1. The van der Waals surface area contributed by atoms with Crippen molar-refractivity contribution < 1.29 is 19.1 Å². The number of hydrogen-bond donors (Lipinski definition) is 0. The molecule has 1 aromatic carbocycles. The summed E-state index contributed by atoms with van der Waals surface area (Å²) in [5, 5.41) is -0.396. The third-order valence-electron chi connectivity index (χ3n) is 4.52. The molecule has 6 nitrogen and oxygen atoms in total. The van der Waals surface area contributed by atoms with Crippen molar-refractivity contribution in [2.45, 2.75) is 25.7 Å². The molecule has 2 fully saturated rings. The number of ether oxygens (including phenoxy) is 1. The predicted octanol–water partition coefficient (Wildman–Crippen LogP) is 3.13. The van der Waals surface area contributed by atoms with Gasteiger partial charge in [-0.2, -0.15) is 0 Å². The maximum atomic E-state index is 12.6. The Morgan fingerprint density at radius 2 is 1.92 bits per heavy atom. The number of carbonyl (C=O) groups is 3. The van der Waals surface area contributed by atoms with Gasteiger partial charge in [-0.1, -0.05) is 25.0 Å². The van der Waals surface area contributed by atoms with Crippen LogP contribution in [0, 0.1) is 0 Å². The van der Waals surface area contributed by atoms with E-state index in [1.165, 1.54) is 0 Å². The highest BCUT2D eigenvalue weighted by molar-refractivity contribution is 8.18. The molecule has 0 bridgehead atoms. The fraction of sp³-hybridized carbons (Fsp3) is 0.421. The molecule has 3 amide bonds. The number of hydrogen-bond acceptors (Lipinski definition) is 5. The average molecular weight is 374 g/mol. The molecule has 138 valence electrons. The van der Waals surface area contributed by atoms with Crippen LogP contribution in [-0.4, -0.2) is 53.6 Å². The quantitative estimate of drug-likeness (QED) is 0.758. The summed E-state index contributed by atoms with van der Waals surface area (Å²) in [7, 11) is 1.57. The predicted molar refractivity (Wildman–Crippen MR) is 101 cm³/mol. The lowest BCUT2D eigenvalue weighted by Gasteiger charge is -2.22. The number of benzene rings is 1. The third kappa shape index (κ3) is 4.27. The Kier molecular flexibility index (Phi) is 5.98. The van der Waals surface area contributed by atoms with Gasteiger partial charge in [0.15, 0.2) is 0 Å². The monoisotopic (exact) mass is 374 g/mol. The molecule has 0 spiro atoms. The summed E-state index contributed by atoms with van der Waals surface area (Å²) in [5.41, 5.74) is 0.772. The average Bonchev–Trinajstić information content (AvgIpc) is 2.86. The zero-order chi connectivity index (χ0) is 18.5. The van der Waals surface area contributed by atoms with E-state index in [1.807, 2.05) is 18.2 Å². The largest absolute Gasteiger partial charge is 0.497 e. The van der Waals surface area contributed by atoms with Gasteiger partial charge in [-0.25, -0.2) is 0 Å². The Hall–Kier alpha value is -2.28. The van der Waals surface area contributed by atoms with Crippen molar-refractivity contribution in [2.24, 2.45) is 0 Å². The van der Waals surface area contributed by atoms with Crippen LogP contribution in [0.25, 0.3) is 6.08 Å². The number of methoxy groups -OCH3 is 1. The van der Waals surface area contributed by atoms with Crippen molar-refractivity contribution >= 4 is 34.9 Å². The van der Waals surface area contributed by atoms with Gasteiger partial charge >= 0.3 is 0 Å². The second-order valence-corrected chi connectivity index (χ2v) is 7.33. The lowest BCUT2D eigenvalue weighted by atomic mass is 10.2. The number of amides is 3. The highest BCUT2D eigenvalue weighted by atomic mass is 32.2. The Morgan fingerprint density at radius 1 is 1.19 bits per heavy atom. The Morgan fingerprint density at radius 3 is 2.62 bits per heavy atom. The molecule has 0 saturated carbocycles. The van der Waals surface area contributed by atoms with Crippen LogP contribution < -0.4 is 4.74 Å². The van der Waals surface area contributed by atoms with E-state index < -0.39 is 11.1 Å². The minimum Gasteiger partial charge on any atom is -0.497 e. The Bertz CT molecular complexity index is 739. The van der Waals surface area contributed by atoms with E-state index in [-0.39, 0.29) is 12.5 Å². The van der Waals surface area contributed by atoms with Crippen LogP contribution in [0.4, 0.5) is 4.79 Å². The van der Waals surface area contributed by atoms with Gasteiger partial charge in [0.1, 0.15) is 12.3 Å². The molecule has 2 aliphatic rings. The van der Waals surface area contributed by atoms with Gasteiger partial charge in [0.05, 0.1) is 12.0 Å². The first-order valence-electron chi connectivity index (χ1n) is 8.75. The van der Waals surface area contributed by atoms with Crippen LogP contribution in [0.2, 0.25) is 0 Å². The molecule has 0 radical (unpaired) electrons. The van der Waals surface area contributed by atoms with Crippen LogP contribution in [0.3, 0.4) is 0 Å². The standard InChI is InChI=1S/C19H22N2O4S/c1-25-15-8-6-7-14(11-15)12-16-18(23)21(19(24)26-16)13-17(22)20-9-4-2-3-5-10-20/h6-8,11-12H,2-5,9-10,13H2,1H3. The SMILES string of the molecule is COc1cccc(C=C2SC(=O)N(CC(=O)N3CCCCCC3)C2=O)c1. The molecule has 0 atom stereocenters. The summed E-state index contributed by atoms with van der Waals surface area (Å²) < 4.78 is 5.17. The van der Waals surface area contributed by atoms with Gasteiger partial charge in [0.25, 0.3) is 11.1 Å². The fourth-order valence-corrected chi connectivity index (χ4v) is 3.91. The summed E-state index contributed by atoms with van der Waals surface area (Å²) >= 11 is 0.870. The van der Waals surface area contributed by atoms with E-state index in [9.17, 15) is 14.4 Å². The van der Waals surface area contributed by atoms with E-state index in [2.05, 4.69) is 0 Å². The number of nitrogens with zero attached hydrogens (tertiary/aromatic N) is 2. The molecule has 0 aromatic heterocycles. The van der Waals surface area contributed by atoms with Crippen molar-refractivity contribution in [3.05, 3.63) is 34.7 Å². The maximum Gasteiger partial charge on any atom is 0.294 e. The van der Waals surface area contributed by atoms with Crippen LogP contribution >= 0.6 is 11.8 Å². The molecule has 0 aliphatic carbocycles. The van der Waals surface area contributed by atoms with Gasteiger partial charge in [0.2, 0.25) is 5.91 Å². The lowest BCUT2D eigenvalue weighted by molar-refractivity contribution is -0.135. The number of rotatable bonds is 4. The van der Waals surface area contributed by atoms with E-state index in [4.69, 9.17) is 4.74 Å². The minimum absolute atomic E-state index is 0.156. The Labute approximate surface area is 157 Å².